The fraction of sp³-hybridized carbons (Fsp3) is 0.222. The highest BCUT2D eigenvalue weighted by atomic mass is 35.5. The van der Waals surface area contributed by atoms with E-state index in [-0.39, 0.29) is 28.8 Å². The molecule has 80 valence electrons. The maximum Gasteiger partial charge on any atom is 0.271 e. The van der Waals surface area contributed by atoms with Crippen LogP contribution in [0.1, 0.15) is 6.92 Å². The largest absolute Gasteiger partial charge is 0.484 e. The van der Waals surface area contributed by atoms with Gasteiger partial charge in [-0.05, 0) is 13.0 Å². The summed E-state index contributed by atoms with van der Waals surface area (Å²) in [5, 5.41) is 10.5. The Hall–Kier alpha value is -1.62. The van der Waals surface area contributed by atoms with E-state index in [2.05, 4.69) is 0 Å². The summed E-state index contributed by atoms with van der Waals surface area (Å²) >= 11 is 5.72. The van der Waals surface area contributed by atoms with Gasteiger partial charge in [-0.2, -0.15) is 0 Å². The molecule has 5 nitrogen and oxygen atoms in total. The Balaban J connectivity index is 2.83. The Labute approximate surface area is 90.8 Å². The average Bonchev–Trinajstić information content (AvgIpc) is 2.15. The van der Waals surface area contributed by atoms with Crippen LogP contribution in [0.25, 0.3) is 0 Å². The number of nitro benzene ring substituents is 1. The number of benzene rings is 1. The predicted molar refractivity (Wildman–Crippen MR) is 54.3 cm³/mol. The SMILES string of the molecule is CC(=O)COc1ccc([N+](=O)[O-])cc1Cl. The molecule has 0 saturated carbocycles. The second kappa shape index (κ2) is 4.75. The molecule has 0 aliphatic rings. The van der Waals surface area contributed by atoms with Gasteiger partial charge in [-0.1, -0.05) is 11.6 Å². The summed E-state index contributed by atoms with van der Waals surface area (Å²) < 4.78 is 5.03. The van der Waals surface area contributed by atoms with Crippen molar-refractivity contribution >= 4 is 23.1 Å². The number of ether oxygens (including phenoxy) is 1. The number of nitrogens with zero attached hydrogens (tertiary/aromatic N) is 1. The van der Waals surface area contributed by atoms with Crippen molar-refractivity contribution in [2.45, 2.75) is 6.92 Å². The first-order valence-electron chi connectivity index (χ1n) is 4.07. The predicted octanol–water partition coefficient (Wildman–Crippen LogP) is 2.22. The van der Waals surface area contributed by atoms with E-state index in [9.17, 15) is 14.9 Å². The van der Waals surface area contributed by atoms with Crippen LogP contribution in [-0.2, 0) is 4.79 Å². The van der Waals surface area contributed by atoms with Gasteiger partial charge in [0.1, 0.15) is 12.4 Å². The van der Waals surface area contributed by atoms with Crippen LogP contribution in [-0.4, -0.2) is 17.3 Å². The highest BCUT2D eigenvalue weighted by molar-refractivity contribution is 6.32. The Morgan fingerprint density at radius 2 is 2.27 bits per heavy atom. The third-order valence-corrected chi connectivity index (χ3v) is 1.85. The first-order valence-corrected chi connectivity index (χ1v) is 4.44. The van der Waals surface area contributed by atoms with Crippen LogP contribution in [0.4, 0.5) is 5.69 Å². The van der Waals surface area contributed by atoms with Crippen molar-refractivity contribution in [2.24, 2.45) is 0 Å². The van der Waals surface area contributed by atoms with Crippen LogP contribution in [0.2, 0.25) is 5.02 Å². The van der Waals surface area contributed by atoms with Gasteiger partial charge in [0.2, 0.25) is 0 Å². The molecule has 0 heterocycles. The molecule has 0 unspecified atom stereocenters. The monoisotopic (exact) mass is 229 g/mol. The molecular weight excluding hydrogens is 222 g/mol. The molecule has 0 amide bonds. The van der Waals surface area contributed by atoms with Gasteiger partial charge in [0.15, 0.2) is 5.78 Å². The number of carbonyl (C=O) groups is 1. The Morgan fingerprint density at radius 1 is 1.60 bits per heavy atom. The number of hydrogen-bond donors (Lipinski definition) is 0. The van der Waals surface area contributed by atoms with Gasteiger partial charge >= 0.3 is 0 Å². The summed E-state index contributed by atoms with van der Waals surface area (Å²) in [4.78, 5) is 20.5. The Kier molecular flexibility index (Phi) is 3.62. The summed E-state index contributed by atoms with van der Waals surface area (Å²) in [6, 6.07) is 3.81. The molecule has 0 N–H and O–H groups in total. The van der Waals surface area contributed by atoms with Gasteiger partial charge in [-0.3, -0.25) is 14.9 Å². The van der Waals surface area contributed by atoms with Crippen LogP contribution >= 0.6 is 11.6 Å². The van der Waals surface area contributed by atoms with Crippen molar-refractivity contribution in [3.63, 3.8) is 0 Å². The van der Waals surface area contributed by atoms with Gasteiger partial charge in [-0.15, -0.1) is 0 Å². The third-order valence-electron chi connectivity index (χ3n) is 1.56. The van der Waals surface area contributed by atoms with Gasteiger partial charge in [0, 0.05) is 12.1 Å². The molecule has 1 aromatic rings. The second-order valence-corrected chi connectivity index (χ2v) is 3.27. The molecule has 0 aromatic heterocycles. The summed E-state index contributed by atoms with van der Waals surface area (Å²) in [6.07, 6.45) is 0. The minimum absolute atomic E-state index is 0.0997. The molecule has 0 spiro atoms. The van der Waals surface area contributed by atoms with Crippen molar-refractivity contribution in [1.29, 1.82) is 0 Å². The highest BCUT2D eigenvalue weighted by Gasteiger charge is 2.10. The molecular formula is C9H8ClNO4. The van der Waals surface area contributed by atoms with Crippen LogP contribution in [0, 0.1) is 10.1 Å². The van der Waals surface area contributed by atoms with Crippen molar-refractivity contribution in [3.8, 4) is 5.75 Å². The van der Waals surface area contributed by atoms with E-state index in [1.807, 2.05) is 0 Å². The van der Waals surface area contributed by atoms with Gasteiger partial charge in [0.25, 0.3) is 5.69 Å². The van der Waals surface area contributed by atoms with E-state index in [1.54, 1.807) is 0 Å². The minimum Gasteiger partial charge on any atom is -0.484 e. The number of hydrogen-bond acceptors (Lipinski definition) is 4. The number of non-ortho nitro benzene ring substituents is 1. The zero-order valence-electron chi connectivity index (χ0n) is 7.90. The molecule has 0 aliphatic heterocycles. The van der Waals surface area contributed by atoms with E-state index in [4.69, 9.17) is 16.3 Å². The summed E-state index contributed by atoms with van der Waals surface area (Å²) in [5.41, 5.74) is -0.116. The summed E-state index contributed by atoms with van der Waals surface area (Å²) in [6.45, 7) is 1.27. The molecule has 0 atom stereocenters. The first kappa shape index (κ1) is 11.5. The fourth-order valence-corrected chi connectivity index (χ4v) is 1.13. The van der Waals surface area contributed by atoms with E-state index in [0.717, 1.165) is 0 Å². The standard InChI is InChI=1S/C9H8ClNO4/c1-6(12)5-15-9-3-2-7(11(13)14)4-8(9)10/h2-4H,5H2,1H3. The van der Waals surface area contributed by atoms with Gasteiger partial charge in [-0.25, -0.2) is 0 Å². The summed E-state index contributed by atoms with van der Waals surface area (Å²) in [5.74, 6) is 0.113. The smallest absolute Gasteiger partial charge is 0.271 e. The molecule has 1 rings (SSSR count). The zero-order chi connectivity index (χ0) is 11.4. The molecule has 0 radical (unpaired) electrons. The maximum atomic E-state index is 10.6. The molecule has 15 heavy (non-hydrogen) atoms. The van der Waals surface area contributed by atoms with Gasteiger partial charge in [0.05, 0.1) is 9.95 Å². The molecule has 0 aliphatic carbocycles. The van der Waals surface area contributed by atoms with E-state index in [0.29, 0.717) is 0 Å². The molecule has 0 saturated heterocycles. The number of nitro groups is 1. The van der Waals surface area contributed by atoms with Crippen molar-refractivity contribution < 1.29 is 14.5 Å². The quantitative estimate of drug-likeness (QED) is 0.586. The van der Waals surface area contributed by atoms with Crippen molar-refractivity contribution in [1.82, 2.24) is 0 Å². The molecule has 6 heteroatoms. The lowest BCUT2D eigenvalue weighted by Gasteiger charge is -2.05. The minimum atomic E-state index is -0.555. The topological polar surface area (TPSA) is 69.4 Å². The maximum absolute atomic E-state index is 10.6. The summed E-state index contributed by atoms with van der Waals surface area (Å²) in [7, 11) is 0. The highest BCUT2D eigenvalue weighted by Crippen LogP contribution is 2.28. The lowest BCUT2D eigenvalue weighted by Crippen LogP contribution is -2.06. The van der Waals surface area contributed by atoms with Crippen LogP contribution < -0.4 is 4.74 Å². The van der Waals surface area contributed by atoms with Crippen LogP contribution in [0.3, 0.4) is 0 Å². The molecule has 0 fully saturated rings. The Bertz CT molecular complexity index is 405. The number of Topliss-reactive ketones (excluding diaryl/α,β-unsaturated/α-hetero) is 1. The van der Waals surface area contributed by atoms with Crippen LogP contribution in [0.15, 0.2) is 18.2 Å². The third kappa shape index (κ3) is 3.21. The lowest BCUT2D eigenvalue weighted by atomic mass is 10.3. The average molecular weight is 230 g/mol. The lowest BCUT2D eigenvalue weighted by molar-refractivity contribution is -0.384. The van der Waals surface area contributed by atoms with Crippen molar-refractivity contribution in [3.05, 3.63) is 33.3 Å². The second-order valence-electron chi connectivity index (χ2n) is 2.86. The van der Waals surface area contributed by atoms with E-state index >= 15 is 0 Å². The van der Waals surface area contributed by atoms with Gasteiger partial charge < -0.3 is 4.74 Å². The Morgan fingerprint density at radius 3 is 2.73 bits per heavy atom. The van der Waals surface area contributed by atoms with E-state index in [1.165, 1.54) is 25.1 Å². The van der Waals surface area contributed by atoms with Crippen molar-refractivity contribution in [2.75, 3.05) is 6.61 Å². The molecule has 0 bridgehead atoms. The number of ketones is 1. The van der Waals surface area contributed by atoms with Crippen LogP contribution in [0.5, 0.6) is 5.75 Å². The zero-order valence-corrected chi connectivity index (χ0v) is 8.65. The number of carbonyl (C=O) groups excluding carboxylic acids is 1. The number of halogens is 1. The van der Waals surface area contributed by atoms with E-state index < -0.39 is 4.92 Å². The first-order chi connectivity index (χ1) is 7.00. The number of rotatable bonds is 4. The fourth-order valence-electron chi connectivity index (χ4n) is 0.900. The normalized spacial score (nSPS) is 9.73. The molecule has 1 aromatic carbocycles.